The number of rotatable bonds is 6. The molecule has 1 aromatic rings. The normalized spacial score (nSPS) is 22.7. The Morgan fingerprint density at radius 3 is 3.10 bits per heavy atom. The number of furan rings is 1. The molecule has 20 heavy (non-hydrogen) atoms. The maximum atomic E-state index is 11.3. The van der Waals surface area contributed by atoms with E-state index in [1.54, 1.807) is 6.07 Å². The zero-order valence-corrected chi connectivity index (χ0v) is 12.5. The van der Waals surface area contributed by atoms with E-state index in [2.05, 4.69) is 17.0 Å². The predicted molar refractivity (Wildman–Crippen MR) is 77.5 cm³/mol. The van der Waals surface area contributed by atoms with Crippen molar-refractivity contribution < 1.29 is 13.9 Å². The van der Waals surface area contributed by atoms with Gasteiger partial charge in [-0.25, -0.2) is 4.79 Å². The first-order valence-electron chi connectivity index (χ1n) is 7.55. The van der Waals surface area contributed by atoms with Gasteiger partial charge in [0.1, 0.15) is 12.0 Å². The summed E-state index contributed by atoms with van der Waals surface area (Å²) in [5, 5.41) is 3.39. The molecule has 1 heterocycles. The molecule has 4 heteroatoms. The smallest absolute Gasteiger partial charge is 0.341 e. The molecule has 2 rings (SSSR count). The summed E-state index contributed by atoms with van der Waals surface area (Å²) < 4.78 is 9.98. The van der Waals surface area contributed by atoms with E-state index >= 15 is 0 Å². The van der Waals surface area contributed by atoms with E-state index in [4.69, 9.17) is 4.42 Å². The van der Waals surface area contributed by atoms with Crippen LogP contribution in [0.1, 0.15) is 55.1 Å². The minimum absolute atomic E-state index is 0.351. The topological polar surface area (TPSA) is 51.5 Å². The SMILES string of the molecule is COC(=O)c1coc(CNCCC2CCCC(C)C2)c1. The van der Waals surface area contributed by atoms with Crippen molar-refractivity contribution in [1.82, 2.24) is 5.32 Å². The summed E-state index contributed by atoms with van der Waals surface area (Å²) in [6, 6.07) is 1.74. The third-order valence-electron chi connectivity index (χ3n) is 4.15. The van der Waals surface area contributed by atoms with Gasteiger partial charge in [-0.3, -0.25) is 0 Å². The van der Waals surface area contributed by atoms with Crippen molar-refractivity contribution in [2.45, 2.75) is 45.6 Å². The third-order valence-corrected chi connectivity index (χ3v) is 4.15. The molecule has 0 bridgehead atoms. The first kappa shape index (κ1) is 15.1. The molecule has 1 saturated carbocycles. The second kappa shape index (κ2) is 7.48. The Morgan fingerprint density at radius 2 is 2.35 bits per heavy atom. The fraction of sp³-hybridized carbons (Fsp3) is 0.688. The van der Waals surface area contributed by atoms with Crippen LogP contribution in [-0.4, -0.2) is 19.6 Å². The molecule has 1 N–H and O–H groups in total. The van der Waals surface area contributed by atoms with Gasteiger partial charge in [0.25, 0.3) is 0 Å². The molecule has 0 radical (unpaired) electrons. The Balaban J connectivity index is 1.65. The molecule has 112 valence electrons. The van der Waals surface area contributed by atoms with E-state index in [9.17, 15) is 4.79 Å². The molecular formula is C16H25NO3. The zero-order valence-electron chi connectivity index (χ0n) is 12.5. The quantitative estimate of drug-likeness (QED) is 0.640. The van der Waals surface area contributed by atoms with Crippen molar-refractivity contribution in [3.8, 4) is 0 Å². The van der Waals surface area contributed by atoms with E-state index in [1.807, 2.05) is 0 Å². The lowest BCUT2D eigenvalue weighted by Crippen LogP contribution is -2.20. The van der Waals surface area contributed by atoms with E-state index in [1.165, 1.54) is 45.5 Å². The van der Waals surface area contributed by atoms with Crippen molar-refractivity contribution >= 4 is 5.97 Å². The number of esters is 1. The van der Waals surface area contributed by atoms with Gasteiger partial charge in [0.05, 0.1) is 19.2 Å². The van der Waals surface area contributed by atoms with Crippen LogP contribution in [0.2, 0.25) is 0 Å². The fourth-order valence-electron chi connectivity index (χ4n) is 3.04. The summed E-state index contributed by atoms with van der Waals surface area (Å²) in [6.45, 7) is 4.03. The highest BCUT2D eigenvalue weighted by Gasteiger charge is 2.18. The predicted octanol–water partition coefficient (Wildman–Crippen LogP) is 3.37. The lowest BCUT2D eigenvalue weighted by molar-refractivity contribution is 0.0600. The minimum Gasteiger partial charge on any atom is -0.467 e. The van der Waals surface area contributed by atoms with Crippen LogP contribution in [-0.2, 0) is 11.3 Å². The van der Waals surface area contributed by atoms with Crippen molar-refractivity contribution in [1.29, 1.82) is 0 Å². The van der Waals surface area contributed by atoms with Gasteiger partial charge < -0.3 is 14.5 Å². The Hall–Kier alpha value is -1.29. The van der Waals surface area contributed by atoms with Gasteiger partial charge in [-0.1, -0.05) is 26.2 Å². The van der Waals surface area contributed by atoms with Crippen LogP contribution in [0.25, 0.3) is 0 Å². The number of ether oxygens (including phenoxy) is 1. The van der Waals surface area contributed by atoms with Crippen LogP contribution in [0.3, 0.4) is 0 Å². The van der Waals surface area contributed by atoms with Crippen LogP contribution >= 0.6 is 0 Å². The van der Waals surface area contributed by atoms with Crippen molar-refractivity contribution in [2.75, 3.05) is 13.7 Å². The van der Waals surface area contributed by atoms with E-state index in [0.717, 1.165) is 24.1 Å². The first-order chi connectivity index (χ1) is 9.69. The summed E-state index contributed by atoms with van der Waals surface area (Å²) in [4.78, 5) is 11.3. The summed E-state index contributed by atoms with van der Waals surface area (Å²) in [6.07, 6.45) is 8.20. The van der Waals surface area contributed by atoms with Crippen LogP contribution < -0.4 is 5.32 Å². The van der Waals surface area contributed by atoms with Gasteiger partial charge >= 0.3 is 5.97 Å². The zero-order chi connectivity index (χ0) is 14.4. The Kier molecular flexibility index (Phi) is 5.65. The number of hydrogen-bond acceptors (Lipinski definition) is 4. The van der Waals surface area contributed by atoms with E-state index in [0.29, 0.717) is 12.1 Å². The summed E-state index contributed by atoms with van der Waals surface area (Å²) >= 11 is 0. The van der Waals surface area contributed by atoms with Crippen molar-refractivity contribution in [3.05, 3.63) is 23.7 Å². The van der Waals surface area contributed by atoms with Crippen molar-refractivity contribution in [3.63, 3.8) is 0 Å². The highest BCUT2D eigenvalue weighted by atomic mass is 16.5. The standard InChI is InChI=1S/C16H25NO3/c1-12-4-3-5-13(8-12)6-7-17-10-15-9-14(11-20-15)16(18)19-2/h9,11-13,17H,3-8,10H2,1-2H3. The van der Waals surface area contributed by atoms with Gasteiger partial charge in [-0.2, -0.15) is 0 Å². The largest absolute Gasteiger partial charge is 0.467 e. The second-order valence-electron chi connectivity index (χ2n) is 5.90. The Bertz CT molecular complexity index is 427. The molecule has 1 aromatic heterocycles. The van der Waals surface area contributed by atoms with Gasteiger partial charge in [0.2, 0.25) is 0 Å². The lowest BCUT2D eigenvalue weighted by atomic mass is 9.81. The van der Waals surface area contributed by atoms with Gasteiger partial charge in [0, 0.05) is 0 Å². The van der Waals surface area contributed by atoms with E-state index < -0.39 is 0 Å². The van der Waals surface area contributed by atoms with Gasteiger partial charge in [-0.05, 0) is 37.3 Å². The molecule has 0 aliphatic heterocycles. The van der Waals surface area contributed by atoms with Crippen LogP contribution in [0.5, 0.6) is 0 Å². The summed E-state index contributed by atoms with van der Waals surface area (Å²) in [5.41, 5.74) is 0.477. The molecule has 0 amide bonds. The van der Waals surface area contributed by atoms with Crippen LogP contribution in [0.4, 0.5) is 0 Å². The minimum atomic E-state index is -0.351. The monoisotopic (exact) mass is 279 g/mol. The number of nitrogens with one attached hydrogen (secondary N) is 1. The summed E-state index contributed by atoms with van der Waals surface area (Å²) in [5.74, 6) is 2.19. The summed E-state index contributed by atoms with van der Waals surface area (Å²) in [7, 11) is 1.37. The molecule has 1 aliphatic rings. The van der Waals surface area contributed by atoms with Crippen LogP contribution in [0.15, 0.2) is 16.7 Å². The fourth-order valence-corrected chi connectivity index (χ4v) is 3.04. The molecule has 0 saturated heterocycles. The average molecular weight is 279 g/mol. The van der Waals surface area contributed by atoms with Crippen LogP contribution in [0, 0.1) is 11.8 Å². The maximum absolute atomic E-state index is 11.3. The average Bonchev–Trinajstić information content (AvgIpc) is 2.92. The number of carbonyl (C=O) groups is 1. The molecule has 0 spiro atoms. The number of methoxy groups -OCH3 is 1. The highest BCUT2D eigenvalue weighted by molar-refractivity contribution is 5.88. The molecule has 2 atom stereocenters. The molecular weight excluding hydrogens is 254 g/mol. The molecule has 4 nitrogen and oxygen atoms in total. The number of carbonyl (C=O) groups excluding carboxylic acids is 1. The lowest BCUT2D eigenvalue weighted by Gasteiger charge is -2.26. The molecule has 2 unspecified atom stereocenters. The molecule has 1 aliphatic carbocycles. The van der Waals surface area contributed by atoms with Crippen molar-refractivity contribution in [2.24, 2.45) is 11.8 Å². The number of hydrogen-bond donors (Lipinski definition) is 1. The van der Waals surface area contributed by atoms with Gasteiger partial charge in [-0.15, -0.1) is 0 Å². The van der Waals surface area contributed by atoms with Gasteiger partial charge in [0.15, 0.2) is 0 Å². The molecule has 0 aromatic carbocycles. The maximum Gasteiger partial charge on any atom is 0.341 e. The van der Waals surface area contributed by atoms with E-state index in [-0.39, 0.29) is 5.97 Å². The molecule has 1 fully saturated rings. The highest BCUT2D eigenvalue weighted by Crippen LogP contribution is 2.30. The Morgan fingerprint density at radius 1 is 1.50 bits per heavy atom. The third kappa shape index (κ3) is 4.37. The first-order valence-corrected chi connectivity index (χ1v) is 7.55. The Labute approximate surface area is 120 Å². The second-order valence-corrected chi connectivity index (χ2v) is 5.90.